The lowest BCUT2D eigenvalue weighted by molar-refractivity contribution is 0.374. The lowest BCUT2D eigenvalue weighted by Gasteiger charge is -2.37. The van der Waals surface area contributed by atoms with E-state index in [1.807, 2.05) is 12.1 Å². The summed E-state index contributed by atoms with van der Waals surface area (Å²) in [6.45, 7) is 2.10. The summed E-state index contributed by atoms with van der Waals surface area (Å²) in [7, 11) is 0. The van der Waals surface area contributed by atoms with E-state index in [4.69, 9.17) is 11.6 Å². The number of benzene rings is 2. The quantitative estimate of drug-likeness (QED) is 0.828. The van der Waals surface area contributed by atoms with E-state index < -0.39 is 0 Å². The first-order valence-electron chi connectivity index (χ1n) is 6.80. The van der Waals surface area contributed by atoms with Gasteiger partial charge in [0.25, 0.3) is 0 Å². The summed E-state index contributed by atoms with van der Waals surface area (Å²) < 4.78 is 0. The predicted octanol–water partition coefficient (Wildman–Crippen LogP) is 5.01. The monoisotopic (exact) mass is 271 g/mol. The maximum Gasteiger partial charge on any atom is 0.0640 e. The number of halogens is 1. The summed E-state index contributed by atoms with van der Waals surface area (Å²) in [5.74, 6) is 0.696. The molecule has 1 nitrogen and oxygen atoms in total. The zero-order valence-corrected chi connectivity index (χ0v) is 11.8. The lowest BCUT2D eigenvalue weighted by atomic mass is 9.76. The standard InChI is InChI=1S/C17H18ClN/c1-12-6-5-9-16(18)17(12)19-15-10-14(11-15)13-7-3-2-4-8-13/h2-9,14-15,19H,10-11H2,1H3. The van der Waals surface area contributed by atoms with Crippen LogP contribution in [0, 0.1) is 6.92 Å². The minimum Gasteiger partial charge on any atom is -0.381 e. The van der Waals surface area contributed by atoms with E-state index >= 15 is 0 Å². The Kier molecular flexibility index (Phi) is 3.48. The summed E-state index contributed by atoms with van der Waals surface area (Å²) >= 11 is 6.25. The Morgan fingerprint density at radius 1 is 1.00 bits per heavy atom. The fourth-order valence-corrected chi connectivity index (χ4v) is 3.03. The number of nitrogens with one attached hydrogen (secondary N) is 1. The van der Waals surface area contributed by atoms with Gasteiger partial charge in [-0.2, -0.15) is 0 Å². The van der Waals surface area contributed by atoms with Crippen LogP contribution in [0.2, 0.25) is 5.02 Å². The van der Waals surface area contributed by atoms with Gasteiger partial charge in [0.15, 0.2) is 0 Å². The first-order valence-corrected chi connectivity index (χ1v) is 7.18. The first kappa shape index (κ1) is 12.6. The average Bonchev–Trinajstić information content (AvgIpc) is 2.37. The van der Waals surface area contributed by atoms with E-state index in [0.717, 1.165) is 10.7 Å². The van der Waals surface area contributed by atoms with Gasteiger partial charge in [0.2, 0.25) is 0 Å². The molecule has 2 heteroatoms. The molecule has 0 bridgehead atoms. The molecule has 0 unspecified atom stereocenters. The van der Waals surface area contributed by atoms with Gasteiger partial charge in [-0.1, -0.05) is 54.1 Å². The van der Waals surface area contributed by atoms with E-state index in [1.54, 1.807) is 0 Å². The first-order chi connectivity index (χ1) is 9.24. The molecular weight excluding hydrogens is 254 g/mol. The highest BCUT2D eigenvalue weighted by Gasteiger charge is 2.30. The van der Waals surface area contributed by atoms with Crippen LogP contribution in [0.3, 0.4) is 0 Å². The minimum absolute atomic E-state index is 0.545. The van der Waals surface area contributed by atoms with Crippen molar-refractivity contribution in [3.63, 3.8) is 0 Å². The van der Waals surface area contributed by atoms with Crippen LogP contribution in [0.5, 0.6) is 0 Å². The number of para-hydroxylation sites is 1. The molecule has 0 spiro atoms. The van der Waals surface area contributed by atoms with Crippen LogP contribution in [0.15, 0.2) is 48.5 Å². The molecule has 0 saturated heterocycles. The highest BCUT2D eigenvalue weighted by Crippen LogP contribution is 2.39. The van der Waals surface area contributed by atoms with Crippen molar-refractivity contribution in [3.05, 3.63) is 64.7 Å². The number of aryl methyl sites for hydroxylation is 1. The topological polar surface area (TPSA) is 12.0 Å². The van der Waals surface area contributed by atoms with E-state index in [0.29, 0.717) is 12.0 Å². The largest absolute Gasteiger partial charge is 0.381 e. The van der Waals surface area contributed by atoms with Gasteiger partial charge >= 0.3 is 0 Å². The SMILES string of the molecule is Cc1cccc(Cl)c1NC1CC(c2ccccc2)C1. The molecule has 0 heterocycles. The van der Waals surface area contributed by atoms with Crippen molar-refractivity contribution in [1.29, 1.82) is 0 Å². The number of hydrogen-bond donors (Lipinski definition) is 1. The van der Waals surface area contributed by atoms with Gasteiger partial charge in [-0.15, -0.1) is 0 Å². The van der Waals surface area contributed by atoms with Crippen molar-refractivity contribution in [3.8, 4) is 0 Å². The average molecular weight is 272 g/mol. The summed E-state index contributed by atoms with van der Waals surface area (Å²) in [5.41, 5.74) is 3.77. The normalized spacial score (nSPS) is 21.8. The summed E-state index contributed by atoms with van der Waals surface area (Å²) in [5, 5.41) is 4.41. The van der Waals surface area contributed by atoms with Gasteiger partial charge in [0.05, 0.1) is 10.7 Å². The van der Waals surface area contributed by atoms with Gasteiger partial charge in [0, 0.05) is 6.04 Å². The van der Waals surface area contributed by atoms with Crippen molar-refractivity contribution in [2.45, 2.75) is 31.7 Å². The smallest absolute Gasteiger partial charge is 0.0640 e. The molecule has 1 aliphatic carbocycles. The highest BCUT2D eigenvalue weighted by atomic mass is 35.5. The second-order valence-corrected chi connectivity index (χ2v) is 5.76. The van der Waals surface area contributed by atoms with Gasteiger partial charge in [0.1, 0.15) is 0 Å². The van der Waals surface area contributed by atoms with Gasteiger partial charge in [-0.25, -0.2) is 0 Å². The molecule has 3 rings (SSSR count). The molecule has 2 aromatic rings. The molecule has 19 heavy (non-hydrogen) atoms. The Morgan fingerprint density at radius 2 is 1.74 bits per heavy atom. The van der Waals surface area contributed by atoms with Crippen LogP contribution < -0.4 is 5.32 Å². The molecule has 2 aromatic carbocycles. The zero-order valence-electron chi connectivity index (χ0n) is 11.1. The highest BCUT2D eigenvalue weighted by molar-refractivity contribution is 6.33. The third-order valence-electron chi connectivity index (χ3n) is 3.98. The van der Waals surface area contributed by atoms with Crippen molar-refractivity contribution >= 4 is 17.3 Å². The number of rotatable bonds is 3. The van der Waals surface area contributed by atoms with Crippen molar-refractivity contribution in [1.82, 2.24) is 0 Å². The Bertz CT molecular complexity index is 538. The van der Waals surface area contributed by atoms with E-state index in [-0.39, 0.29) is 0 Å². The molecule has 0 radical (unpaired) electrons. The van der Waals surface area contributed by atoms with Crippen molar-refractivity contribution in [2.24, 2.45) is 0 Å². The third kappa shape index (κ3) is 2.62. The van der Waals surface area contributed by atoms with Gasteiger partial charge in [-0.05, 0) is 42.9 Å². The molecule has 0 atom stereocenters. The molecular formula is C17H18ClN. The molecule has 1 aliphatic rings. The Balaban J connectivity index is 1.63. The summed E-state index contributed by atoms with van der Waals surface area (Å²) in [6.07, 6.45) is 2.38. The minimum atomic E-state index is 0.545. The molecule has 1 N–H and O–H groups in total. The van der Waals surface area contributed by atoms with E-state index in [1.165, 1.54) is 24.0 Å². The molecule has 98 valence electrons. The van der Waals surface area contributed by atoms with E-state index in [9.17, 15) is 0 Å². The van der Waals surface area contributed by atoms with Crippen LogP contribution in [-0.4, -0.2) is 6.04 Å². The van der Waals surface area contributed by atoms with Gasteiger partial charge in [-0.3, -0.25) is 0 Å². The maximum atomic E-state index is 6.25. The number of anilines is 1. The number of hydrogen-bond acceptors (Lipinski definition) is 1. The van der Waals surface area contributed by atoms with E-state index in [2.05, 4.69) is 48.6 Å². The van der Waals surface area contributed by atoms with Crippen LogP contribution >= 0.6 is 11.6 Å². The zero-order chi connectivity index (χ0) is 13.2. The van der Waals surface area contributed by atoms with Crippen LogP contribution in [0.25, 0.3) is 0 Å². The maximum absolute atomic E-state index is 6.25. The fraction of sp³-hybridized carbons (Fsp3) is 0.294. The van der Waals surface area contributed by atoms with Crippen molar-refractivity contribution in [2.75, 3.05) is 5.32 Å². The molecule has 1 fully saturated rings. The summed E-state index contributed by atoms with van der Waals surface area (Å²) in [6, 6.07) is 17.3. The molecule has 0 amide bonds. The molecule has 1 saturated carbocycles. The van der Waals surface area contributed by atoms with Gasteiger partial charge < -0.3 is 5.32 Å². The second kappa shape index (κ2) is 5.26. The lowest BCUT2D eigenvalue weighted by Crippen LogP contribution is -2.34. The summed E-state index contributed by atoms with van der Waals surface area (Å²) in [4.78, 5) is 0. The Hall–Kier alpha value is -1.47. The third-order valence-corrected chi connectivity index (χ3v) is 4.29. The van der Waals surface area contributed by atoms with Crippen LogP contribution in [0.1, 0.15) is 29.9 Å². The molecule has 0 aromatic heterocycles. The Labute approximate surface area is 119 Å². The Morgan fingerprint density at radius 3 is 2.42 bits per heavy atom. The fourth-order valence-electron chi connectivity index (χ4n) is 2.75. The van der Waals surface area contributed by atoms with Crippen LogP contribution in [0.4, 0.5) is 5.69 Å². The second-order valence-electron chi connectivity index (χ2n) is 5.35. The van der Waals surface area contributed by atoms with Crippen LogP contribution in [-0.2, 0) is 0 Å². The predicted molar refractivity (Wildman–Crippen MR) is 82.0 cm³/mol. The molecule has 0 aliphatic heterocycles. The van der Waals surface area contributed by atoms with Crippen molar-refractivity contribution < 1.29 is 0 Å².